The van der Waals surface area contributed by atoms with E-state index in [2.05, 4.69) is 27.7 Å². The van der Waals surface area contributed by atoms with Gasteiger partial charge >= 0.3 is 0 Å². The first kappa shape index (κ1) is 13.7. The molecule has 0 N–H and O–H groups in total. The van der Waals surface area contributed by atoms with Gasteiger partial charge in [0.2, 0.25) is 0 Å². The Labute approximate surface area is 88.3 Å². The third kappa shape index (κ3) is 11.7. The second-order valence-electron chi connectivity index (χ2n) is 4.62. The predicted octanol–water partition coefficient (Wildman–Crippen LogP) is 3.03. The lowest BCUT2D eigenvalue weighted by molar-refractivity contribution is 0.0903. The molecule has 0 bridgehead atoms. The van der Waals surface area contributed by atoms with Crippen LogP contribution in [0.3, 0.4) is 0 Å². The molecule has 0 spiro atoms. The van der Waals surface area contributed by atoms with Gasteiger partial charge in [-0.3, -0.25) is 0 Å². The lowest BCUT2D eigenvalue weighted by Crippen LogP contribution is -2.14. The monoisotopic (exact) mass is 200 g/mol. The molecular weight excluding hydrogens is 176 g/mol. The van der Waals surface area contributed by atoms with E-state index in [0.29, 0.717) is 13.2 Å². The Bertz CT molecular complexity index is 145. The highest BCUT2D eigenvalue weighted by atomic mass is 16.5. The predicted molar refractivity (Wildman–Crippen MR) is 60.5 cm³/mol. The van der Waals surface area contributed by atoms with Crippen molar-refractivity contribution in [3.63, 3.8) is 0 Å². The molecule has 0 amide bonds. The van der Waals surface area contributed by atoms with E-state index in [1.54, 1.807) is 0 Å². The zero-order valence-corrected chi connectivity index (χ0v) is 10.0. The quantitative estimate of drug-likeness (QED) is 0.464. The Kier molecular flexibility index (Phi) is 7.81. The average molecular weight is 200 g/mol. The molecule has 0 aliphatic rings. The molecule has 0 fully saturated rings. The van der Waals surface area contributed by atoms with Gasteiger partial charge in [0.05, 0.1) is 19.8 Å². The third-order valence-corrected chi connectivity index (χ3v) is 1.48. The molecule has 0 unspecified atom stereocenters. The highest BCUT2D eigenvalue weighted by molar-refractivity contribution is 4.81. The Hall–Kier alpha value is -0.340. The Morgan fingerprint density at radius 3 is 2.07 bits per heavy atom. The Morgan fingerprint density at radius 2 is 1.57 bits per heavy atom. The van der Waals surface area contributed by atoms with Gasteiger partial charge < -0.3 is 9.47 Å². The molecule has 0 aromatic carbocycles. The highest BCUT2D eigenvalue weighted by Crippen LogP contribution is 2.12. The maximum absolute atomic E-state index is 5.46. The van der Waals surface area contributed by atoms with Crippen molar-refractivity contribution >= 4 is 0 Å². The van der Waals surface area contributed by atoms with Gasteiger partial charge in [-0.05, 0) is 11.8 Å². The van der Waals surface area contributed by atoms with E-state index in [1.807, 2.05) is 12.2 Å². The van der Waals surface area contributed by atoms with Gasteiger partial charge in [-0.2, -0.15) is 0 Å². The lowest BCUT2D eigenvalue weighted by Gasteiger charge is -2.16. The molecule has 0 saturated heterocycles. The van der Waals surface area contributed by atoms with Crippen molar-refractivity contribution in [2.24, 2.45) is 5.41 Å². The summed E-state index contributed by atoms with van der Waals surface area (Å²) in [6.07, 6.45) is 5.11. The van der Waals surface area contributed by atoms with Gasteiger partial charge in [0, 0.05) is 6.61 Å². The smallest absolute Gasteiger partial charge is 0.0648 e. The summed E-state index contributed by atoms with van der Waals surface area (Å²) < 4.78 is 10.8. The summed E-state index contributed by atoms with van der Waals surface area (Å²) >= 11 is 0. The lowest BCUT2D eigenvalue weighted by atomic mass is 9.99. The van der Waals surface area contributed by atoms with Crippen LogP contribution in [0.2, 0.25) is 0 Å². The fourth-order valence-corrected chi connectivity index (χ4v) is 0.865. The van der Waals surface area contributed by atoms with E-state index in [1.165, 1.54) is 0 Å². The minimum absolute atomic E-state index is 0.256. The third-order valence-electron chi connectivity index (χ3n) is 1.48. The molecule has 0 heterocycles. The molecule has 84 valence electrons. The molecule has 0 aliphatic carbocycles. The van der Waals surface area contributed by atoms with E-state index < -0.39 is 0 Å². The standard InChI is InChI=1S/C12H24O2/c1-5-8-13-9-6-7-10-14-11-12(2,3)4/h6-7H,5,8-11H2,1-4H3/b7-6-. The van der Waals surface area contributed by atoms with Gasteiger partial charge in [-0.15, -0.1) is 0 Å². The van der Waals surface area contributed by atoms with Gasteiger partial charge in [-0.25, -0.2) is 0 Å². The van der Waals surface area contributed by atoms with Crippen molar-refractivity contribution in [3.8, 4) is 0 Å². The molecule has 0 aliphatic heterocycles. The van der Waals surface area contributed by atoms with Crippen LogP contribution in [0.15, 0.2) is 12.2 Å². The summed E-state index contributed by atoms with van der Waals surface area (Å²) in [7, 11) is 0. The second kappa shape index (κ2) is 8.01. The van der Waals surface area contributed by atoms with Crippen molar-refractivity contribution in [2.75, 3.05) is 26.4 Å². The van der Waals surface area contributed by atoms with Crippen LogP contribution in [-0.2, 0) is 9.47 Å². The van der Waals surface area contributed by atoms with Gasteiger partial charge in [-0.1, -0.05) is 39.8 Å². The summed E-state index contributed by atoms with van der Waals surface area (Å²) in [5, 5.41) is 0. The van der Waals surface area contributed by atoms with Crippen molar-refractivity contribution in [1.29, 1.82) is 0 Å². The molecule has 0 aromatic heterocycles. The summed E-state index contributed by atoms with van der Waals surface area (Å²) in [6.45, 7) is 11.6. The van der Waals surface area contributed by atoms with Gasteiger partial charge in [0.25, 0.3) is 0 Å². The van der Waals surface area contributed by atoms with E-state index in [0.717, 1.165) is 19.6 Å². The molecular formula is C12H24O2. The first-order valence-corrected chi connectivity index (χ1v) is 5.37. The molecule has 2 nitrogen and oxygen atoms in total. The van der Waals surface area contributed by atoms with E-state index >= 15 is 0 Å². The Balaban J connectivity index is 3.19. The molecule has 0 rings (SSSR count). The fraction of sp³-hybridized carbons (Fsp3) is 0.833. The van der Waals surface area contributed by atoms with Crippen LogP contribution in [0.5, 0.6) is 0 Å². The number of hydrogen-bond acceptors (Lipinski definition) is 2. The molecule has 0 aromatic rings. The van der Waals surface area contributed by atoms with Crippen LogP contribution < -0.4 is 0 Å². The van der Waals surface area contributed by atoms with Gasteiger partial charge in [0.15, 0.2) is 0 Å². The van der Waals surface area contributed by atoms with E-state index in [9.17, 15) is 0 Å². The molecule has 14 heavy (non-hydrogen) atoms. The van der Waals surface area contributed by atoms with Crippen LogP contribution in [0.1, 0.15) is 34.1 Å². The fourth-order valence-electron chi connectivity index (χ4n) is 0.865. The van der Waals surface area contributed by atoms with Crippen LogP contribution in [0, 0.1) is 5.41 Å². The first-order valence-electron chi connectivity index (χ1n) is 5.37. The van der Waals surface area contributed by atoms with Crippen molar-refractivity contribution in [2.45, 2.75) is 34.1 Å². The zero-order chi connectivity index (χ0) is 10.9. The number of hydrogen-bond donors (Lipinski definition) is 0. The molecule has 0 radical (unpaired) electrons. The SMILES string of the molecule is CCCOC/C=C\COCC(C)(C)C. The number of ether oxygens (including phenoxy) is 2. The molecule has 0 saturated carbocycles. The van der Waals surface area contributed by atoms with Crippen LogP contribution in [0.25, 0.3) is 0 Å². The van der Waals surface area contributed by atoms with Crippen LogP contribution >= 0.6 is 0 Å². The van der Waals surface area contributed by atoms with E-state index in [-0.39, 0.29) is 5.41 Å². The zero-order valence-electron chi connectivity index (χ0n) is 10.0. The second-order valence-corrected chi connectivity index (χ2v) is 4.62. The largest absolute Gasteiger partial charge is 0.377 e. The highest BCUT2D eigenvalue weighted by Gasteiger charge is 2.08. The van der Waals surface area contributed by atoms with Crippen molar-refractivity contribution in [1.82, 2.24) is 0 Å². The Morgan fingerprint density at radius 1 is 1.00 bits per heavy atom. The summed E-state index contributed by atoms with van der Waals surface area (Å²) in [5.41, 5.74) is 0.256. The van der Waals surface area contributed by atoms with Crippen LogP contribution in [0.4, 0.5) is 0 Å². The van der Waals surface area contributed by atoms with Gasteiger partial charge in [0.1, 0.15) is 0 Å². The van der Waals surface area contributed by atoms with E-state index in [4.69, 9.17) is 9.47 Å². The minimum Gasteiger partial charge on any atom is -0.377 e. The maximum Gasteiger partial charge on any atom is 0.0648 e. The van der Waals surface area contributed by atoms with Crippen molar-refractivity contribution < 1.29 is 9.47 Å². The summed E-state index contributed by atoms with van der Waals surface area (Å²) in [6, 6.07) is 0. The normalized spacial score (nSPS) is 12.6. The minimum atomic E-state index is 0.256. The first-order chi connectivity index (χ1) is 6.56. The molecule has 0 atom stereocenters. The maximum atomic E-state index is 5.46. The average Bonchev–Trinajstić information content (AvgIpc) is 2.08. The van der Waals surface area contributed by atoms with Crippen molar-refractivity contribution in [3.05, 3.63) is 12.2 Å². The topological polar surface area (TPSA) is 18.5 Å². The van der Waals surface area contributed by atoms with Crippen LogP contribution in [-0.4, -0.2) is 26.4 Å². The summed E-state index contributed by atoms with van der Waals surface area (Å²) in [4.78, 5) is 0. The molecule has 2 heteroatoms. The number of rotatable bonds is 7. The summed E-state index contributed by atoms with van der Waals surface area (Å²) in [5.74, 6) is 0.